The van der Waals surface area contributed by atoms with Gasteiger partial charge in [0.05, 0.1) is 0 Å². The van der Waals surface area contributed by atoms with Crippen LogP contribution in [0.25, 0.3) is 10.6 Å². The van der Waals surface area contributed by atoms with Gasteiger partial charge in [-0.15, -0.1) is 11.3 Å². The monoisotopic (exact) mass is 480 g/mol. The van der Waals surface area contributed by atoms with Crippen LogP contribution in [0.15, 0.2) is 66.0 Å². The molecule has 34 heavy (non-hydrogen) atoms. The first-order chi connectivity index (χ1) is 16.5. The molecule has 1 aliphatic heterocycles. The minimum Gasteiger partial charge on any atom is -0.489 e. The number of fused-ring (bicyclic) bond motifs is 1. The second-order valence-corrected chi connectivity index (χ2v) is 8.32. The van der Waals surface area contributed by atoms with E-state index in [1.807, 2.05) is 12.1 Å². The van der Waals surface area contributed by atoms with Gasteiger partial charge < -0.3 is 19.5 Å². The van der Waals surface area contributed by atoms with Gasteiger partial charge in [-0.1, -0.05) is 18.2 Å². The predicted octanol–water partition coefficient (Wildman–Crippen LogP) is 5.33. The van der Waals surface area contributed by atoms with Crippen LogP contribution in [-0.2, 0) is 13.2 Å². The Labute approximate surface area is 197 Å². The molecule has 1 aromatic heterocycles. The average Bonchev–Trinajstić information content (AvgIpc) is 3.52. The van der Waals surface area contributed by atoms with Crippen LogP contribution < -0.4 is 19.5 Å². The fourth-order valence-corrected chi connectivity index (χ4v) is 4.16. The van der Waals surface area contributed by atoms with Crippen molar-refractivity contribution in [1.82, 2.24) is 10.3 Å². The molecule has 0 aliphatic carbocycles. The van der Waals surface area contributed by atoms with Crippen molar-refractivity contribution < 1.29 is 27.8 Å². The smallest absolute Gasteiger partial charge is 0.271 e. The Bertz CT molecular complexity index is 1340. The fourth-order valence-electron chi connectivity index (χ4n) is 3.33. The number of carbonyl (C=O) groups excluding carboxylic acids is 1. The maximum absolute atomic E-state index is 14.7. The van der Waals surface area contributed by atoms with Crippen LogP contribution >= 0.6 is 11.3 Å². The first kappa shape index (κ1) is 21.8. The van der Waals surface area contributed by atoms with E-state index >= 15 is 0 Å². The van der Waals surface area contributed by atoms with Crippen LogP contribution in [0.3, 0.4) is 0 Å². The Morgan fingerprint density at radius 3 is 2.62 bits per heavy atom. The number of nitrogens with one attached hydrogen (secondary N) is 1. The van der Waals surface area contributed by atoms with E-state index in [2.05, 4.69) is 10.3 Å². The normalized spacial score (nSPS) is 11.9. The number of carbonyl (C=O) groups is 1. The average molecular weight is 480 g/mol. The molecule has 3 aromatic carbocycles. The van der Waals surface area contributed by atoms with E-state index in [0.717, 1.165) is 11.1 Å². The van der Waals surface area contributed by atoms with Crippen molar-refractivity contribution in [2.45, 2.75) is 13.2 Å². The van der Waals surface area contributed by atoms with Crippen molar-refractivity contribution in [3.8, 4) is 27.8 Å². The number of rotatable bonds is 7. The molecule has 0 atom stereocenters. The molecule has 0 unspecified atom stereocenters. The third-order valence-electron chi connectivity index (χ3n) is 5.12. The molecule has 0 saturated carbocycles. The van der Waals surface area contributed by atoms with E-state index in [4.69, 9.17) is 14.2 Å². The van der Waals surface area contributed by atoms with Gasteiger partial charge in [-0.3, -0.25) is 4.79 Å². The lowest BCUT2D eigenvalue weighted by Gasteiger charge is -2.08. The SMILES string of the molecule is O=C(NCc1ccc2c(c1)OCO2)c1csc(-c2ccc(OCc3ccc(F)cc3)cc2F)n1. The fraction of sp³-hybridized carbons (Fsp3) is 0.120. The van der Waals surface area contributed by atoms with Gasteiger partial charge in [0.2, 0.25) is 6.79 Å². The molecule has 1 amide bonds. The topological polar surface area (TPSA) is 69.7 Å². The number of benzene rings is 3. The van der Waals surface area contributed by atoms with E-state index in [0.29, 0.717) is 22.3 Å². The minimum atomic E-state index is -0.515. The van der Waals surface area contributed by atoms with Gasteiger partial charge in [0.15, 0.2) is 11.5 Å². The van der Waals surface area contributed by atoms with Crippen LogP contribution in [-0.4, -0.2) is 17.7 Å². The van der Waals surface area contributed by atoms with Gasteiger partial charge in [-0.05, 0) is 47.5 Å². The zero-order chi connectivity index (χ0) is 23.5. The Morgan fingerprint density at radius 1 is 1.00 bits per heavy atom. The minimum absolute atomic E-state index is 0.185. The molecular weight excluding hydrogens is 462 g/mol. The van der Waals surface area contributed by atoms with E-state index in [9.17, 15) is 13.6 Å². The molecule has 172 valence electrons. The first-order valence-corrected chi connectivity index (χ1v) is 11.2. The highest BCUT2D eigenvalue weighted by Crippen LogP contribution is 2.32. The lowest BCUT2D eigenvalue weighted by atomic mass is 10.2. The zero-order valence-electron chi connectivity index (χ0n) is 17.7. The number of amides is 1. The third kappa shape index (κ3) is 4.84. The molecule has 6 nitrogen and oxygen atoms in total. The van der Waals surface area contributed by atoms with E-state index in [-0.39, 0.29) is 42.9 Å². The quantitative estimate of drug-likeness (QED) is 0.387. The Kier molecular flexibility index (Phi) is 6.09. The van der Waals surface area contributed by atoms with Crippen LogP contribution in [0.5, 0.6) is 17.2 Å². The van der Waals surface area contributed by atoms with E-state index in [1.54, 1.807) is 35.7 Å². The van der Waals surface area contributed by atoms with Crippen molar-refractivity contribution in [2.75, 3.05) is 6.79 Å². The standard InChI is InChI=1S/C25H18F2N2O4S/c26-17-4-1-15(2-5-17)12-31-18-6-7-19(20(27)10-18)25-29-21(13-34-25)24(30)28-11-16-3-8-22-23(9-16)33-14-32-22/h1-10,13H,11-12,14H2,(H,28,30). The van der Waals surface area contributed by atoms with Gasteiger partial charge in [0, 0.05) is 23.6 Å². The summed E-state index contributed by atoms with van der Waals surface area (Å²) in [6.07, 6.45) is 0. The number of hydrogen-bond acceptors (Lipinski definition) is 6. The van der Waals surface area contributed by atoms with Gasteiger partial charge in [0.25, 0.3) is 5.91 Å². The van der Waals surface area contributed by atoms with Gasteiger partial charge >= 0.3 is 0 Å². The van der Waals surface area contributed by atoms with Crippen LogP contribution in [0.1, 0.15) is 21.6 Å². The van der Waals surface area contributed by atoms with Gasteiger partial charge in [0.1, 0.15) is 34.7 Å². The molecule has 4 aromatic rings. The molecule has 0 radical (unpaired) electrons. The maximum atomic E-state index is 14.7. The second kappa shape index (κ2) is 9.48. The molecule has 5 rings (SSSR count). The van der Waals surface area contributed by atoms with Gasteiger partial charge in [-0.25, -0.2) is 13.8 Å². The molecule has 1 N–H and O–H groups in total. The largest absolute Gasteiger partial charge is 0.489 e. The highest BCUT2D eigenvalue weighted by molar-refractivity contribution is 7.13. The predicted molar refractivity (Wildman–Crippen MR) is 122 cm³/mol. The van der Waals surface area contributed by atoms with Crippen molar-refractivity contribution >= 4 is 17.2 Å². The summed E-state index contributed by atoms with van der Waals surface area (Å²) in [5, 5.41) is 4.77. The maximum Gasteiger partial charge on any atom is 0.271 e. The summed E-state index contributed by atoms with van der Waals surface area (Å²) in [6.45, 7) is 0.658. The number of ether oxygens (including phenoxy) is 3. The van der Waals surface area contributed by atoms with Crippen molar-refractivity contribution in [1.29, 1.82) is 0 Å². The second-order valence-electron chi connectivity index (χ2n) is 7.46. The van der Waals surface area contributed by atoms with Crippen molar-refractivity contribution in [2.24, 2.45) is 0 Å². The summed E-state index contributed by atoms with van der Waals surface area (Å²) in [5.41, 5.74) is 2.10. The summed E-state index contributed by atoms with van der Waals surface area (Å²) >= 11 is 1.18. The zero-order valence-corrected chi connectivity index (χ0v) is 18.5. The molecule has 0 fully saturated rings. The molecular formula is C25H18F2N2O4S. The third-order valence-corrected chi connectivity index (χ3v) is 5.99. The van der Waals surface area contributed by atoms with Gasteiger partial charge in [-0.2, -0.15) is 0 Å². The number of nitrogens with zero attached hydrogens (tertiary/aromatic N) is 1. The molecule has 2 heterocycles. The molecule has 0 bridgehead atoms. The Hall–Kier alpha value is -3.98. The Balaban J connectivity index is 1.21. The summed E-state index contributed by atoms with van der Waals surface area (Å²) < 4.78 is 43.9. The summed E-state index contributed by atoms with van der Waals surface area (Å²) in [5.74, 6) is 0.446. The number of hydrogen-bond donors (Lipinski definition) is 1. The summed E-state index contributed by atoms with van der Waals surface area (Å²) in [7, 11) is 0. The lowest BCUT2D eigenvalue weighted by molar-refractivity contribution is 0.0946. The molecule has 1 aliphatic rings. The molecule has 9 heteroatoms. The molecule has 0 spiro atoms. The van der Waals surface area contributed by atoms with Crippen LogP contribution in [0.4, 0.5) is 8.78 Å². The van der Waals surface area contributed by atoms with Crippen molar-refractivity contribution in [3.05, 3.63) is 94.5 Å². The van der Waals surface area contributed by atoms with Crippen LogP contribution in [0.2, 0.25) is 0 Å². The Morgan fingerprint density at radius 2 is 1.79 bits per heavy atom. The highest BCUT2D eigenvalue weighted by Gasteiger charge is 2.16. The summed E-state index contributed by atoms with van der Waals surface area (Å²) in [4.78, 5) is 16.8. The van der Waals surface area contributed by atoms with E-state index < -0.39 is 5.82 Å². The first-order valence-electron chi connectivity index (χ1n) is 10.3. The molecule has 0 saturated heterocycles. The highest BCUT2D eigenvalue weighted by atomic mass is 32.1. The van der Waals surface area contributed by atoms with E-state index in [1.165, 1.54) is 29.5 Å². The number of aromatic nitrogens is 1. The number of halogens is 2. The number of thiazole rings is 1. The van der Waals surface area contributed by atoms with Crippen LogP contribution in [0, 0.1) is 11.6 Å². The summed E-state index contributed by atoms with van der Waals surface area (Å²) in [6, 6.07) is 15.8. The lowest BCUT2D eigenvalue weighted by Crippen LogP contribution is -2.23. The van der Waals surface area contributed by atoms with Crippen molar-refractivity contribution in [3.63, 3.8) is 0 Å².